The topological polar surface area (TPSA) is 15.3 Å². The van der Waals surface area contributed by atoms with Crippen LogP contribution in [0.25, 0.3) is 0 Å². The Labute approximate surface area is 123 Å². The number of hydrogen-bond donors (Lipinski definition) is 1. The van der Waals surface area contributed by atoms with E-state index in [1.807, 2.05) is 12.1 Å². The van der Waals surface area contributed by atoms with Crippen LogP contribution in [0.15, 0.2) is 24.3 Å². The molecule has 19 heavy (non-hydrogen) atoms. The third-order valence-electron chi connectivity index (χ3n) is 3.48. The molecule has 0 spiro atoms. The molecular weight excluding hydrogens is 256 g/mol. The number of hydrogen-bond acceptors (Lipinski definition) is 2. The van der Waals surface area contributed by atoms with E-state index in [1.165, 1.54) is 18.4 Å². The van der Waals surface area contributed by atoms with Crippen LogP contribution < -0.4 is 5.32 Å². The van der Waals surface area contributed by atoms with E-state index in [-0.39, 0.29) is 0 Å². The standard InChI is InChI=1S/C16H27ClN2/c1-13(2)18-10-5-6-11-19(4)14(3)15-8-7-9-16(17)12-15/h7-9,12-14,18H,5-6,10-11H2,1-4H3. The monoisotopic (exact) mass is 282 g/mol. The zero-order chi connectivity index (χ0) is 14.3. The Balaban J connectivity index is 2.31. The fourth-order valence-corrected chi connectivity index (χ4v) is 2.29. The number of benzene rings is 1. The second-order valence-corrected chi connectivity index (χ2v) is 5.96. The van der Waals surface area contributed by atoms with Gasteiger partial charge in [-0.05, 0) is 57.6 Å². The average molecular weight is 283 g/mol. The molecule has 0 aliphatic heterocycles. The molecule has 0 aliphatic carbocycles. The quantitative estimate of drug-likeness (QED) is 0.722. The van der Waals surface area contributed by atoms with Gasteiger partial charge in [0.15, 0.2) is 0 Å². The zero-order valence-electron chi connectivity index (χ0n) is 12.6. The predicted molar refractivity (Wildman–Crippen MR) is 84.9 cm³/mol. The van der Waals surface area contributed by atoms with Crippen LogP contribution in [-0.2, 0) is 0 Å². The van der Waals surface area contributed by atoms with E-state index in [0.717, 1.165) is 18.1 Å². The molecule has 0 aliphatic rings. The maximum atomic E-state index is 6.04. The van der Waals surface area contributed by atoms with Crippen molar-refractivity contribution >= 4 is 11.6 Å². The largest absolute Gasteiger partial charge is 0.315 e. The number of rotatable bonds is 8. The SMILES string of the molecule is CC(C)NCCCCN(C)C(C)c1cccc(Cl)c1. The van der Waals surface area contributed by atoms with Crippen molar-refractivity contribution in [2.24, 2.45) is 0 Å². The molecule has 1 aromatic carbocycles. The summed E-state index contributed by atoms with van der Waals surface area (Å²) in [5, 5.41) is 4.27. The number of nitrogens with one attached hydrogen (secondary N) is 1. The molecule has 0 radical (unpaired) electrons. The van der Waals surface area contributed by atoms with Crippen LogP contribution in [-0.4, -0.2) is 31.1 Å². The number of unbranched alkanes of at least 4 members (excludes halogenated alkanes) is 1. The molecule has 1 aromatic rings. The molecule has 3 heteroatoms. The van der Waals surface area contributed by atoms with Gasteiger partial charge in [0.1, 0.15) is 0 Å². The molecule has 0 aromatic heterocycles. The van der Waals surface area contributed by atoms with Gasteiger partial charge in [-0.15, -0.1) is 0 Å². The Morgan fingerprint density at radius 3 is 2.58 bits per heavy atom. The van der Waals surface area contributed by atoms with Crippen LogP contribution in [0.4, 0.5) is 0 Å². The molecule has 1 rings (SSSR count). The minimum atomic E-state index is 0.414. The number of nitrogens with zero attached hydrogens (tertiary/aromatic N) is 1. The van der Waals surface area contributed by atoms with Crippen molar-refractivity contribution in [1.82, 2.24) is 10.2 Å². The van der Waals surface area contributed by atoms with Crippen molar-refractivity contribution < 1.29 is 0 Å². The summed E-state index contributed by atoms with van der Waals surface area (Å²) in [6.07, 6.45) is 2.45. The minimum Gasteiger partial charge on any atom is -0.315 e. The van der Waals surface area contributed by atoms with Gasteiger partial charge in [-0.1, -0.05) is 37.6 Å². The van der Waals surface area contributed by atoms with Crippen molar-refractivity contribution in [3.8, 4) is 0 Å². The Morgan fingerprint density at radius 2 is 1.95 bits per heavy atom. The van der Waals surface area contributed by atoms with Crippen LogP contribution in [0.3, 0.4) is 0 Å². The Morgan fingerprint density at radius 1 is 1.21 bits per heavy atom. The Bertz CT molecular complexity index is 366. The van der Waals surface area contributed by atoms with E-state index in [0.29, 0.717) is 12.1 Å². The maximum Gasteiger partial charge on any atom is 0.0409 e. The summed E-state index contributed by atoms with van der Waals surface area (Å²) < 4.78 is 0. The summed E-state index contributed by atoms with van der Waals surface area (Å²) in [5.74, 6) is 0. The van der Waals surface area contributed by atoms with Gasteiger partial charge in [-0.25, -0.2) is 0 Å². The van der Waals surface area contributed by atoms with Crippen molar-refractivity contribution in [2.45, 2.75) is 45.7 Å². The molecular formula is C16H27ClN2. The average Bonchev–Trinajstić information content (AvgIpc) is 2.36. The first-order chi connectivity index (χ1) is 9.00. The molecule has 0 saturated heterocycles. The highest BCUT2D eigenvalue weighted by Crippen LogP contribution is 2.21. The highest BCUT2D eigenvalue weighted by molar-refractivity contribution is 6.30. The predicted octanol–water partition coefficient (Wildman–Crippen LogP) is 4.11. The third-order valence-corrected chi connectivity index (χ3v) is 3.72. The molecule has 0 amide bonds. The molecule has 0 saturated carbocycles. The second kappa shape index (κ2) is 8.57. The van der Waals surface area contributed by atoms with E-state index in [2.05, 4.69) is 50.2 Å². The lowest BCUT2D eigenvalue weighted by Crippen LogP contribution is -2.26. The van der Waals surface area contributed by atoms with Gasteiger partial charge in [0.2, 0.25) is 0 Å². The van der Waals surface area contributed by atoms with Crippen molar-refractivity contribution in [3.05, 3.63) is 34.9 Å². The second-order valence-electron chi connectivity index (χ2n) is 5.53. The smallest absolute Gasteiger partial charge is 0.0409 e. The van der Waals surface area contributed by atoms with Crippen molar-refractivity contribution in [3.63, 3.8) is 0 Å². The van der Waals surface area contributed by atoms with E-state index < -0.39 is 0 Å². The Kier molecular flexibility index (Phi) is 7.44. The van der Waals surface area contributed by atoms with Gasteiger partial charge in [0.25, 0.3) is 0 Å². The summed E-state index contributed by atoms with van der Waals surface area (Å²) in [7, 11) is 2.18. The molecule has 0 fully saturated rings. The maximum absolute atomic E-state index is 6.04. The lowest BCUT2D eigenvalue weighted by molar-refractivity contribution is 0.255. The van der Waals surface area contributed by atoms with Gasteiger partial charge in [0, 0.05) is 17.1 Å². The Hall–Kier alpha value is -0.570. The molecule has 0 bridgehead atoms. The fourth-order valence-electron chi connectivity index (χ4n) is 2.09. The van der Waals surface area contributed by atoms with Gasteiger partial charge in [-0.2, -0.15) is 0 Å². The highest BCUT2D eigenvalue weighted by atomic mass is 35.5. The minimum absolute atomic E-state index is 0.414. The normalized spacial score (nSPS) is 13.2. The number of halogens is 1. The van der Waals surface area contributed by atoms with E-state index >= 15 is 0 Å². The summed E-state index contributed by atoms with van der Waals surface area (Å²) in [6.45, 7) is 8.84. The van der Waals surface area contributed by atoms with Gasteiger partial charge < -0.3 is 5.32 Å². The first-order valence-corrected chi connectivity index (χ1v) is 7.57. The summed E-state index contributed by atoms with van der Waals surface area (Å²) >= 11 is 6.04. The fraction of sp³-hybridized carbons (Fsp3) is 0.625. The van der Waals surface area contributed by atoms with Gasteiger partial charge in [0.05, 0.1) is 0 Å². The van der Waals surface area contributed by atoms with Crippen molar-refractivity contribution in [1.29, 1.82) is 0 Å². The van der Waals surface area contributed by atoms with Gasteiger partial charge in [-0.3, -0.25) is 4.90 Å². The molecule has 0 heterocycles. The van der Waals surface area contributed by atoms with Gasteiger partial charge >= 0.3 is 0 Å². The molecule has 108 valence electrons. The van der Waals surface area contributed by atoms with E-state index in [9.17, 15) is 0 Å². The third kappa shape index (κ3) is 6.42. The van der Waals surface area contributed by atoms with Crippen LogP contribution in [0.1, 0.15) is 45.2 Å². The molecule has 2 nitrogen and oxygen atoms in total. The zero-order valence-corrected chi connectivity index (χ0v) is 13.4. The lowest BCUT2D eigenvalue weighted by atomic mass is 10.1. The molecule has 1 N–H and O–H groups in total. The van der Waals surface area contributed by atoms with E-state index in [4.69, 9.17) is 11.6 Å². The van der Waals surface area contributed by atoms with Crippen LogP contribution in [0.2, 0.25) is 5.02 Å². The first kappa shape index (κ1) is 16.5. The van der Waals surface area contributed by atoms with Crippen LogP contribution >= 0.6 is 11.6 Å². The molecule has 1 atom stereocenters. The summed E-state index contributed by atoms with van der Waals surface area (Å²) in [4.78, 5) is 2.39. The van der Waals surface area contributed by atoms with Crippen molar-refractivity contribution in [2.75, 3.05) is 20.1 Å². The summed E-state index contributed by atoms with van der Waals surface area (Å²) in [6, 6.07) is 9.15. The van der Waals surface area contributed by atoms with E-state index in [1.54, 1.807) is 0 Å². The van der Waals surface area contributed by atoms with Crippen LogP contribution in [0.5, 0.6) is 0 Å². The first-order valence-electron chi connectivity index (χ1n) is 7.19. The molecule has 1 unspecified atom stereocenters. The lowest BCUT2D eigenvalue weighted by Gasteiger charge is -2.25. The highest BCUT2D eigenvalue weighted by Gasteiger charge is 2.11. The summed E-state index contributed by atoms with van der Waals surface area (Å²) in [5.41, 5.74) is 1.29. The van der Waals surface area contributed by atoms with Crippen LogP contribution in [0, 0.1) is 0 Å².